The molecule has 0 saturated heterocycles. The number of aromatic nitrogens is 2. The van der Waals surface area contributed by atoms with E-state index in [1.54, 1.807) is 0 Å². The van der Waals surface area contributed by atoms with Crippen LogP contribution in [0.2, 0.25) is 0 Å². The summed E-state index contributed by atoms with van der Waals surface area (Å²) >= 11 is 0. The average Bonchev–Trinajstić information content (AvgIpc) is 2.81. The molecule has 0 atom stereocenters. The van der Waals surface area contributed by atoms with Crippen molar-refractivity contribution in [3.63, 3.8) is 0 Å². The molecule has 0 aliphatic rings. The highest BCUT2D eigenvalue weighted by Crippen LogP contribution is 2.82. The maximum absolute atomic E-state index is 4.67. The topological polar surface area (TPSA) is 28.7 Å². The molecule has 1 N–H and O–H groups in total. The summed E-state index contributed by atoms with van der Waals surface area (Å²) in [5, 5.41) is 2.04. The number of nitrogens with zero attached hydrogens (tertiary/aromatic N) is 1. The van der Waals surface area contributed by atoms with Crippen LogP contribution in [0.1, 0.15) is 68.0 Å². The third kappa shape index (κ3) is 3.19. The number of nitrogens with one attached hydrogen (secondary N) is 1. The Morgan fingerprint density at radius 3 is 1.68 bits per heavy atom. The van der Waals surface area contributed by atoms with Crippen LogP contribution in [0.4, 0.5) is 0 Å². The molecule has 0 aliphatic heterocycles. The normalized spacial score (nSPS) is 14.0. The van der Waals surface area contributed by atoms with Crippen molar-refractivity contribution in [2.75, 3.05) is 0 Å². The zero-order chi connectivity index (χ0) is 19.3. The minimum absolute atomic E-state index is 0.182. The molecule has 1 aromatic heterocycles. The maximum atomic E-state index is 4.67. The number of aryl methyl sites for hydroxylation is 1. The lowest BCUT2D eigenvalue weighted by Gasteiger charge is -2.54. The first-order valence-electron chi connectivity index (χ1n) is 9.24. The summed E-state index contributed by atoms with van der Waals surface area (Å²) in [5.41, 5.74) is 2.37. The highest BCUT2D eigenvalue weighted by atomic mass is 31.2. The fraction of sp³-hybridized carbons (Fsp3) is 0.591. The van der Waals surface area contributed by atoms with Crippen LogP contribution in [-0.2, 0) is 0 Å². The van der Waals surface area contributed by atoms with Gasteiger partial charge >= 0.3 is 0 Å². The van der Waals surface area contributed by atoms with Gasteiger partial charge in [0.1, 0.15) is 11.1 Å². The number of aromatic amines is 1. The summed E-state index contributed by atoms with van der Waals surface area (Å²) in [6, 6.07) is 8.94. The van der Waals surface area contributed by atoms with Crippen LogP contribution < -0.4 is 5.30 Å². The Hall–Kier alpha value is -1.14. The van der Waals surface area contributed by atoms with E-state index in [1.165, 1.54) is 10.9 Å². The Morgan fingerprint density at radius 2 is 1.28 bits per heavy atom. The molecule has 138 valence electrons. The number of hydrogen-bond donors (Lipinski definition) is 1. The predicted octanol–water partition coefficient (Wildman–Crippen LogP) is 6.42. The van der Waals surface area contributed by atoms with Crippen molar-refractivity contribution in [1.82, 2.24) is 9.97 Å². The van der Waals surface area contributed by atoms with Gasteiger partial charge in [0.05, 0.1) is 28.3 Å². The Labute approximate surface area is 155 Å². The Balaban J connectivity index is 2.95. The van der Waals surface area contributed by atoms with E-state index in [0.717, 1.165) is 11.5 Å². The zero-order valence-electron chi connectivity index (χ0n) is 17.8. The van der Waals surface area contributed by atoms with Gasteiger partial charge in [0, 0.05) is 11.9 Å². The Morgan fingerprint density at radius 1 is 0.800 bits per heavy atom. The highest BCUT2D eigenvalue weighted by Gasteiger charge is 2.66. The standard InChI is InChI=1S/C22H36N2P/c1-16-15-23-19(24-16)17-13-11-12-14-18(17)25(20(2,3)4,21(5,6)7)22(8,9)10/h11-15H,1-10H3,(H,23,24)/q+1. The number of hydrogen-bond acceptors (Lipinski definition) is 1. The maximum Gasteiger partial charge on any atom is 0.141 e. The van der Waals surface area contributed by atoms with Crippen LogP contribution in [0.5, 0.6) is 0 Å². The molecular weight excluding hydrogens is 323 g/mol. The minimum Gasteiger partial charge on any atom is -0.342 e. The predicted molar refractivity (Wildman–Crippen MR) is 115 cm³/mol. The molecule has 2 rings (SSSR count). The second kappa shape index (κ2) is 6.23. The molecule has 0 spiro atoms. The summed E-state index contributed by atoms with van der Waals surface area (Å²) in [5.74, 6) is 0.996. The number of H-pyrrole nitrogens is 1. The number of benzene rings is 1. The summed E-state index contributed by atoms with van der Waals surface area (Å²) in [4.78, 5) is 8.13. The minimum atomic E-state index is -1.65. The van der Waals surface area contributed by atoms with Crippen LogP contribution >= 0.6 is 7.26 Å². The van der Waals surface area contributed by atoms with Crippen molar-refractivity contribution in [3.8, 4) is 11.4 Å². The number of imidazole rings is 1. The molecule has 2 nitrogen and oxygen atoms in total. The van der Waals surface area contributed by atoms with Crippen LogP contribution in [0, 0.1) is 6.92 Å². The van der Waals surface area contributed by atoms with Crippen molar-refractivity contribution in [3.05, 3.63) is 36.2 Å². The largest absolute Gasteiger partial charge is 0.342 e. The molecule has 0 amide bonds. The SMILES string of the molecule is Cc1cnc(-c2ccccc2[P+](C(C)(C)C)(C(C)(C)C)C(C)(C)C)[nH]1. The summed E-state index contributed by atoms with van der Waals surface area (Å²) in [6.45, 7) is 24.0. The van der Waals surface area contributed by atoms with Crippen molar-refractivity contribution in [2.24, 2.45) is 0 Å². The molecule has 0 radical (unpaired) electrons. The van der Waals surface area contributed by atoms with Gasteiger partial charge in [0.25, 0.3) is 0 Å². The fourth-order valence-corrected chi connectivity index (χ4v) is 14.7. The van der Waals surface area contributed by atoms with Gasteiger partial charge in [0.15, 0.2) is 0 Å². The molecule has 2 aromatic rings. The van der Waals surface area contributed by atoms with Crippen molar-refractivity contribution >= 4 is 12.6 Å². The molecule has 3 heteroatoms. The van der Waals surface area contributed by atoms with E-state index >= 15 is 0 Å². The molecule has 0 bridgehead atoms. The molecule has 1 aromatic carbocycles. The summed E-state index contributed by atoms with van der Waals surface area (Å²) < 4.78 is 0. The van der Waals surface area contributed by atoms with E-state index < -0.39 is 7.26 Å². The lowest BCUT2D eigenvalue weighted by molar-refractivity contribution is 0.629. The summed E-state index contributed by atoms with van der Waals surface area (Å²) in [6.07, 6.45) is 1.93. The van der Waals surface area contributed by atoms with E-state index in [1.807, 2.05) is 6.20 Å². The van der Waals surface area contributed by atoms with Crippen molar-refractivity contribution in [2.45, 2.75) is 84.7 Å². The van der Waals surface area contributed by atoms with Gasteiger partial charge in [-0.2, -0.15) is 0 Å². The second-order valence-electron chi connectivity index (χ2n) is 10.1. The molecule has 0 aliphatic carbocycles. The van der Waals surface area contributed by atoms with E-state index in [-0.39, 0.29) is 15.5 Å². The van der Waals surface area contributed by atoms with E-state index in [4.69, 9.17) is 0 Å². The van der Waals surface area contributed by atoms with Crippen LogP contribution in [-0.4, -0.2) is 25.4 Å². The van der Waals surface area contributed by atoms with E-state index in [2.05, 4.69) is 103 Å². The Kier molecular flexibility index (Phi) is 5.03. The molecule has 0 fully saturated rings. The van der Waals surface area contributed by atoms with Crippen LogP contribution in [0.3, 0.4) is 0 Å². The smallest absolute Gasteiger partial charge is 0.141 e. The average molecular weight is 360 g/mol. The summed E-state index contributed by atoms with van der Waals surface area (Å²) in [7, 11) is -1.65. The van der Waals surface area contributed by atoms with Gasteiger partial charge in [-0.3, -0.25) is 0 Å². The molecule has 0 unspecified atom stereocenters. The van der Waals surface area contributed by atoms with Crippen molar-refractivity contribution < 1.29 is 0 Å². The first-order chi connectivity index (χ1) is 11.2. The molecule has 0 saturated carbocycles. The van der Waals surface area contributed by atoms with Gasteiger partial charge < -0.3 is 4.98 Å². The highest BCUT2D eigenvalue weighted by molar-refractivity contribution is 7.87. The third-order valence-corrected chi connectivity index (χ3v) is 12.4. The van der Waals surface area contributed by atoms with E-state index in [9.17, 15) is 0 Å². The molecular formula is C22H36N2P+. The van der Waals surface area contributed by atoms with Gasteiger partial charge in [-0.1, -0.05) is 12.1 Å². The van der Waals surface area contributed by atoms with Gasteiger partial charge in [0.2, 0.25) is 0 Å². The third-order valence-electron chi connectivity index (χ3n) is 5.24. The molecule has 25 heavy (non-hydrogen) atoms. The van der Waals surface area contributed by atoms with Gasteiger partial charge in [-0.15, -0.1) is 0 Å². The second-order valence-corrected chi connectivity index (χ2v) is 16.0. The lowest BCUT2D eigenvalue weighted by Crippen LogP contribution is -2.49. The fourth-order valence-electron chi connectivity index (χ4n) is 5.62. The van der Waals surface area contributed by atoms with Crippen LogP contribution in [0.25, 0.3) is 11.4 Å². The first kappa shape index (κ1) is 20.2. The van der Waals surface area contributed by atoms with Crippen molar-refractivity contribution in [1.29, 1.82) is 0 Å². The Bertz CT molecular complexity index is 700. The van der Waals surface area contributed by atoms with Crippen LogP contribution in [0.15, 0.2) is 30.5 Å². The zero-order valence-corrected chi connectivity index (χ0v) is 18.7. The van der Waals surface area contributed by atoms with Gasteiger partial charge in [-0.05, 0) is 81.4 Å². The van der Waals surface area contributed by atoms with E-state index in [0.29, 0.717) is 0 Å². The first-order valence-corrected chi connectivity index (χ1v) is 11.0. The molecule has 1 heterocycles. The monoisotopic (exact) mass is 359 g/mol. The lowest BCUT2D eigenvalue weighted by atomic mass is 10.2. The quantitative estimate of drug-likeness (QED) is 0.615. The van der Waals surface area contributed by atoms with Gasteiger partial charge in [-0.25, -0.2) is 4.98 Å². The number of rotatable bonds is 2.